The summed E-state index contributed by atoms with van der Waals surface area (Å²) in [6.07, 6.45) is 3.21. The summed E-state index contributed by atoms with van der Waals surface area (Å²) in [7, 11) is 1.96. The van der Waals surface area contributed by atoms with Gasteiger partial charge in [-0.15, -0.1) is 10.2 Å². The topological polar surface area (TPSA) is 78.7 Å². The average Bonchev–Trinajstić information content (AvgIpc) is 2.93. The van der Waals surface area contributed by atoms with Crippen LogP contribution in [0, 0.1) is 6.92 Å². The second-order valence-corrected chi connectivity index (χ2v) is 7.11. The number of carbonyl (C=O) groups is 1. The molecule has 0 aromatic carbocycles. The van der Waals surface area contributed by atoms with E-state index in [2.05, 4.69) is 26.7 Å². The maximum absolute atomic E-state index is 11.5. The zero-order chi connectivity index (χ0) is 18.2. The molecule has 8 nitrogen and oxygen atoms in total. The Kier molecular flexibility index (Phi) is 7.54. The fourth-order valence-corrected chi connectivity index (χ4v) is 3.08. The van der Waals surface area contributed by atoms with Crippen LogP contribution >= 0.6 is 11.8 Å². The van der Waals surface area contributed by atoms with Crippen molar-refractivity contribution in [2.75, 3.05) is 44.7 Å². The van der Waals surface area contributed by atoms with Crippen LogP contribution in [0.5, 0.6) is 0 Å². The lowest BCUT2D eigenvalue weighted by Crippen LogP contribution is -2.53. The number of thioether (sulfide) groups is 1. The first kappa shape index (κ1) is 19.6. The number of amides is 1. The molecule has 140 valence electrons. The number of piperazine rings is 1. The molecule has 2 heterocycles. The number of hydrogen-bond donors (Lipinski definition) is 1. The summed E-state index contributed by atoms with van der Waals surface area (Å²) in [4.78, 5) is 20.4. The van der Waals surface area contributed by atoms with E-state index in [1.54, 1.807) is 6.92 Å². The fraction of sp³-hybridized carbons (Fsp3) is 0.750. The zero-order valence-corrected chi connectivity index (χ0v) is 16.5. The van der Waals surface area contributed by atoms with E-state index in [0.717, 1.165) is 62.5 Å². The molecule has 0 unspecified atom stereocenters. The lowest BCUT2D eigenvalue weighted by Gasteiger charge is -2.36. The van der Waals surface area contributed by atoms with E-state index in [-0.39, 0.29) is 5.91 Å². The molecule has 0 spiro atoms. The molecular weight excluding hydrogens is 338 g/mol. The van der Waals surface area contributed by atoms with Gasteiger partial charge in [0.2, 0.25) is 5.91 Å². The summed E-state index contributed by atoms with van der Waals surface area (Å²) in [5.41, 5.74) is 0. The predicted molar refractivity (Wildman–Crippen MR) is 102 cm³/mol. The van der Waals surface area contributed by atoms with E-state index in [1.165, 1.54) is 0 Å². The Morgan fingerprint density at radius 2 is 1.92 bits per heavy atom. The minimum atomic E-state index is 0.139. The molecule has 9 heteroatoms. The first-order valence-electron chi connectivity index (χ1n) is 8.65. The van der Waals surface area contributed by atoms with Crippen LogP contribution in [-0.2, 0) is 18.4 Å². The second-order valence-electron chi connectivity index (χ2n) is 6.13. The van der Waals surface area contributed by atoms with Crippen molar-refractivity contribution in [3.63, 3.8) is 0 Å². The van der Waals surface area contributed by atoms with Crippen molar-refractivity contribution in [3.05, 3.63) is 11.6 Å². The summed E-state index contributed by atoms with van der Waals surface area (Å²) in [6.45, 7) is 8.02. The van der Waals surface area contributed by atoms with Gasteiger partial charge in [0.25, 0.3) is 0 Å². The highest BCUT2D eigenvalue weighted by Crippen LogP contribution is 2.05. The largest absolute Gasteiger partial charge is 0.356 e. The van der Waals surface area contributed by atoms with E-state index in [1.807, 2.05) is 35.2 Å². The van der Waals surface area contributed by atoms with Gasteiger partial charge in [0.15, 0.2) is 11.8 Å². The monoisotopic (exact) mass is 367 g/mol. The minimum absolute atomic E-state index is 0.139. The van der Waals surface area contributed by atoms with Crippen molar-refractivity contribution in [1.82, 2.24) is 29.9 Å². The molecule has 0 aliphatic carbocycles. The van der Waals surface area contributed by atoms with Crippen molar-refractivity contribution < 1.29 is 4.79 Å². The number of nitrogens with one attached hydrogen (secondary N) is 1. The molecule has 25 heavy (non-hydrogen) atoms. The molecule has 1 aliphatic heterocycles. The predicted octanol–water partition coefficient (Wildman–Crippen LogP) is 0.486. The number of nitrogens with zero attached hydrogens (tertiary/aromatic N) is 6. The van der Waals surface area contributed by atoms with Gasteiger partial charge in [0, 0.05) is 46.7 Å². The summed E-state index contributed by atoms with van der Waals surface area (Å²) < 4.78 is 1.96. The van der Waals surface area contributed by atoms with Gasteiger partial charge in [0.05, 0.1) is 0 Å². The molecule has 0 atom stereocenters. The smallest absolute Gasteiger partial charge is 0.219 e. The van der Waals surface area contributed by atoms with Gasteiger partial charge in [0.1, 0.15) is 12.4 Å². The van der Waals surface area contributed by atoms with Crippen LogP contribution < -0.4 is 5.32 Å². The van der Waals surface area contributed by atoms with Gasteiger partial charge < -0.3 is 19.7 Å². The summed E-state index contributed by atoms with van der Waals surface area (Å²) in [5, 5.41) is 11.7. The SMILES string of the molecule is CSCCCNC(=NCc1nnc(C)n1C)N1CCN(C(C)=O)CC1. The number of aryl methyl sites for hydroxylation is 1. The number of aliphatic imine (C=N–C) groups is 1. The second kappa shape index (κ2) is 9.65. The van der Waals surface area contributed by atoms with Crippen LogP contribution in [0.4, 0.5) is 0 Å². The van der Waals surface area contributed by atoms with Crippen molar-refractivity contribution in [3.8, 4) is 0 Å². The van der Waals surface area contributed by atoms with Crippen molar-refractivity contribution in [1.29, 1.82) is 0 Å². The number of aromatic nitrogens is 3. The molecule has 1 aromatic heterocycles. The third kappa shape index (κ3) is 5.62. The van der Waals surface area contributed by atoms with Crippen LogP contribution in [0.15, 0.2) is 4.99 Å². The van der Waals surface area contributed by atoms with E-state index >= 15 is 0 Å². The Morgan fingerprint density at radius 1 is 1.24 bits per heavy atom. The van der Waals surface area contributed by atoms with Crippen LogP contribution in [0.2, 0.25) is 0 Å². The van der Waals surface area contributed by atoms with E-state index in [0.29, 0.717) is 6.54 Å². The van der Waals surface area contributed by atoms with Crippen LogP contribution in [0.3, 0.4) is 0 Å². The lowest BCUT2D eigenvalue weighted by molar-refractivity contribution is -0.130. The van der Waals surface area contributed by atoms with Crippen LogP contribution in [0.25, 0.3) is 0 Å². The summed E-state index contributed by atoms with van der Waals surface area (Å²) >= 11 is 1.85. The summed E-state index contributed by atoms with van der Waals surface area (Å²) in [5.74, 6) is 3.89. The van der Waals surface area contributed by atoms with Crippen molar-refractivity contribution in [2.24, 2.45) is 12.0 Å². The van der Waals surface area contributed by atoms with Gasteiger partial charge >= 0.3 is 0 Å². The minimum Gasteiger partial charge on any atom is -0.356 e. The van der Waals surface area contributed by atoms with Crippen molar-refractivity contribution >= 4 is 23.6 Å². The number of hydrogen-bond acceptors (Lipinski definition) is 5. The van der Waals surface area contributed by atoms with E-state index < -0.39 is 0 Å². The zero-order valence-electron chi connectivity index (χ0n) is 15.7. The lowest BCUT2D eigenvalue weighted by atomic mass is 10.3. The van der Waals surface area contributed by atoms with Gasteiger partial charge in [-0.3, -0.25) is 4.79 Å². The summed E-state index contributed by atoms with van der Waals surface area (Å²) in [6, 6.07) is 0. The van der Waals surface area contributed by atoms with Gasteiger partial charge in [-0.2, -0.15) is 11.8 Å². The quantitative estimate of drug-likeness (QED) is 0.448. The molecule has 0 saturated carbocycles. The Morgan fingerprint density at radius 3 is 2.48 bits per heavy atom. The van der Waals surface area contributed by atoms with Gasteiger partial charge in [-0.1, -0.05) is 0 Å². The third-order valence-electron chi connectivity index (χ3n) is 4.39. The highest BCUT2D eigenvalue weighted by Gasteiger charge is 2.21. The molecule has 1 amide bonds. The average molecular weight is 368 g/mol. The number of rotatable bonds is 6. The first-order chi connectivity index (χ1) is 12.0. The first-order valence-corrected chi connectivity index (χ1v) is 10.0. The molecule has 1 N–H and O–H groups in total. The highest BCUT2D eigenvalue weighted by atomic mass is 32.2. The molecule has 2 rings (SSSR count). The molecule has 0 bridgehead atoms. The Labute approximate surface area is 154 Å². The molecule has 1 saturated heterocycles. The maximum atomic E-state index is 11.5. The maximum Gasteiger partial charge on any atom is 0.219 e. The fourth-order valence-electron chi connectivity index (χ4n) is 2.65. The highest BCUT2D eigenvalue weighted by molar-refractivity contribution is 7.98. The Hall–Kier alpha value is -1.77. The van der Waals surface area contributed by atoms with Gasteiger partial charge in [-0.25, -0.2) is 4.99 Å². The van der Waals surface area contributed by atoms with Gasteiger partial charge in [-0.05, 0) is 25.4 Å². The van der Waals surface area contributed by atoms with Crippen LogP contribution in [0.1, 0.15) is 25.0 Å². The van der Waals surface area contributed by atoms with E-state index in [4.69, 9.17) is 4.99 Å². The van der Waals surface area contributed by atoms with Crippen molar-refractivity contribution in [2.45, 2.75) is 26.8 Å². The Balaban J connectivity index is 2.00. The van der Waals surface area contributed by atoms with Crippen LogP contribution in [-0.4, -0.2) is 81.2 Å². The number of carbonyl (C=O) groups excluding carboxylic acids is 1. The molecule has 1 fully saturated rings. The molecule has 1 aromatic rings. The van der Waals surface area contributed by atoms with E-state index in [9.17, 15) is 4.79 Å². The molecule has 1 aliphatic rings. The third-order valence-corrected chi connectivity index (χ3v) is 5.08. The number of guanidine groups is 1. The molecule has 0 radical (unpaired) electrons. The molecular formula is C16H29N7OS. The Bertz CT molecular complexity index is 593. The normalized spacial score (nSPS) is 15.6. The standard InChI is InChI=1S/C16H29N7OS/c1-13-19-20-15(21(13)3)12-18-16(17-6-5-11-25-4)23-9-7-22(8-10-23)14(2)24/h5-12H2,1-4H3,(H,17,18).